The van der Waals surface area contributed by atoms with E-state index in [0.717, 1.165) is 22.8 Å². The van der Waals surface area contributed by atoms with Crippen LogP contribution in [0.4, 0.5) is 5.69 Å². The maximum atomic E-state index is 12.5. The van der Waals surface area contributed by atoms with Crippen LogP contribution in [0.5, 0.6) is 0 Å². The maximum absolute atomic E-state index is 12.5. The Morgan fingerprint density at radius 3 is 2.26 bits per heavy atom. The molecule has 0 bridgehead atoms. The average Bonchev–Trinajstić information content (AvgIpc) is 3.32. The fraction of sp³-hybridized carbons (Fsp3) is 0.100. The number of amides is 1. The van der Waals surface area contributed by atoms with E-state index in [-0.39, 0.29) is 5.91 Å². The third kappa shape index (κ3) is 3.48. The van der Waals surface area contributed by atoms with Crippen molar-refractivity contribution in [2.24, 2.45) is 0 Å². The average molecular weight is 358 g/mol. The van der Waals surface area contributed by atoms with Crippen LogP contribution in [0.25, 0.3) is 11.4 Å². The molecule has 0 fully saturated rings. The van der Waals surface area contributed by atoms with Gasteiger partial charge in [-0.15, -0.1) is 0 Å². The van der Waals surface area contributed by atoms with Crippen LogP contribution in [0.15, 0.2) is 67.3 Å². The Labute approximate surface area is 156 Å². The Balaban J connectivity index is 1.47. The molecule has 27 heavy (non-hydrogen) atoms. The van der Waals surface area contributed by atoms with Gasteiger partial charge in [-0.3, -0.25) is 4.79 Å². The van der Waals surface area contributed by atoms with E-state index in [2.05, 4.69) is 20.5 Å². The second kappa shape index (κ2) is 6.87. The predicted molar refractivity (Wildman–Crippen MR) is 102 cm³/mol. The van der Waals surface area contributed by atoms with Gasteiger partial charge in [-0.25, -0.2) is 14.3 Å². The summed E-state index contributed by atoms with van der Waals surface area (Å²) in [5.41, 5.74) is 5.11. The number of carbonyl (C=O) groups excluding carboxylic acids is 1. The summed E-state index contributed by atoms with van der Waals surface area (Å²) in [6.07, 6.45) is 3.10. The van der Waals surface area contributed by atoms with Gasteiger partial charge in [0.15, 0.2) is 0 Å². The quantitative estimate of drug-likeness (QED) is 0.607. The van der Waals surface area contributed by atoms with Crippen molar-refractivity contribution in [1.82, 2.24) is 24.5 Å². The minimum absolute atomic E-state index is 0.163. The summed E-state index contributed by atoms with van der Waals surface area (Å²) in [4.78, 5) is 16.4. The van der Waals surface area contributed by atoms with Crippen molar-refractivity contribution in [1.29, 1.82) is 0 Å². The summed E-state index contributed by atoms with van der Waals surface area (Å²) in [6.45, 7) is 3.96. The summed E-state index contributed by atoms with van der Waals surface area (Å²) in [5.74, 6) is -0.163. The second-order valence-electron chi connectivity index (χ2n) is 6.23. The number of benzene rings is 2. The first-order valence-corrected chi connectivity index (χ1v) is 8.50. The molecule has 2 aromatic heterocycles. The summed E-state index contributed by atoms with van der Waals surface area (Å²) < 4.78 is 3.52. The molecule has 2 heterocycles. The van der Waals surface area contributed by atoms with Gasteiger partial charge >= 0.3 is 0 Å². The summed E-state index contributed by atoms with van der Waals surface area (Å²) in [7, 11) is 0. The first-order chi connectivity index (χ1) is 13.1. The molecule has 1 N–H and O–H groups in total. The van der Waals surface area contributed by atoms with E-state index in [1.54, 1.807) is 23.1 Å². The Hall–Kier alpha value is -3.74. The van der Waals surface area contributed by atoms with Crippen molar-refractivity contribution >= 4 is 11.6 Å². The number of aromatic nitrogens is 5. The van der Waals surface area contributed by atoms with E-state index < -0.39 is 0 Å². The monoisotopic (exact) mass is 358 g/mol. The van der Waals surface area contributed by atoms with Crippen LogP contribution in [-0.2, 0) is 0 Å². The second-order valence-corrected chi connectivity index (χ2v) is 6.23. The zero-order chi connectivity index (χ0) is 18.8. The molecule has 0 spiro atoms. The smallest absolute Gasteiger partial charge is 0.255 e. The van der Waals surface area contributed by atoms with Crippen LogP contribution < -0.4 is 5.32 Å². The third-order valence-electron chi connectivity index (χ3n) is 4.19. The Morgan fingerprint density at radius 2 is 1.67 bits per heavy atom. The lowest BCUT2D eigenvalue weighted by Crippen LogP contribution is -2.12. The number of rotatable bonds is 4. The highest BCUT2D eigenvalue weighted by atomic mass is 16.1. The summed E-state index contributed by atoms with van der Waals surface area (Å²) >= 11 is 0. The summed E-state index contributed by atoms with van der Waals surface area (Å²) in [6, 6.07) is 16.8. The van der Waals surface area contributed by atoms with Gasteiger partial charge in [0.2, 0.25) is 0 Å². The molecule has 1 amide bonds. The lowest BCUT2D eigenvalue weighted by atomic mass is 10.2. The van der Waals surface area contributed by atoms with E-state index in [0.29, 0.717) is 11.3 Å². The minimum atomic E-state index is -0.163. The van der Waals surface area contributed by atoms with Gasteiger partial charge in [0.1, 0.15) is 12.7 Å². The van der Waals surface area contributed by atoms with Gasteiger partial charge in [0, 0.05) is 16.9 Å². The third-order valence-corrected chi connectivity index (χ3v) is 4.19. The van der Waals surface area contributed by atoms with Gasteiger partial charge in [-0.1, -0.05) is 0 Å². The highest BCUT2D eigenvalue weighted by molar-refractivity contribution is 6.04. The Morgan fingerprint density at radius 1 is 0.963 bits per heavy atom. The number of nitrogens with one attached hydrogen (secondary N) is 1. The summed E-state index contributed by atoms with van der Waals surface area (Å²) in [5, 5.41) is 11.4. The number of aryl methyl sites for hydroxylation is 2. The largest absolute Gasteiger partial charge is 0.322 e. The molecule has 4 aromatic rings. The minimum Gasteiger partial charge on any atom is -0.322 e. The molecule has 0 unspecified atom stereocenters. The highest BCUT2D eigenvalue weighted by Crippen LogP contribution is 2.16. The van der Waals surface area contributed by atoms with E-state index in [9.17, 15) is 4.79 Å². The Kier molecular flexibility index (Phi) is 4.25. The first kappa shape index (κ1) is 16.7. The van der Waals surface area contributed by atoms with Crippen molar-refractivity contribution in [3.05, 3.63) is 84.2 Å². The van der Waals surface area contributed by atoms with Crippen molar-refractivity contribution < 1.29 is 4.79 Å². The van der Waals surface area contributed by atoms with Crippen molar-refractivity contribution in [2.45, 2.75) is 13.8 Å². The van der Waals surface area contributed by atoms with Gasteiger partial charge in [-0.05, 0) is 68.4 Å². The molecule has 0 aliphatic rings. The number of anilines is 1. The van der Waals surface area contributed by atoms with E-state index >= 15 is 0 Å². The molecule has 7 heteroatoms. The molecule has 0 atom stereocenters. The molecule has 4 rings (SSSR count). The molecule has 0 aliphatic heterocycles. The SMILES string of the molecule is Cc1cc(C)n(-c2ccc(C(=O)Nc3ccc(-n4cncn4)cc3)cc2)n1. The molecule has 0 aliphatic carbocycles. The van der Waals surface area contributed by atoms with Crippen LogP contribution in [-0.4, -0.2) is 30.5 Å². The van der Waals surface area contributed by atoms with Crippen LogP contribution in [0, 0.1) is 13.8 Å². The molecule has 134 valence electrons. The fourth-order valence-electron chi connectivity index (χ4n) is 2.89. The van der Waals surface area contributed by atoms with Crippen LogP contribution >= 0.6 is 0 Å². The molecular formula is C20H18N6O. The lowest BCUT2D eigenvalue weighted by Gasteiger charge is -2.08. The number of nitrogens with zero attached hydrogens (tertiary/aromatic N) is 5. The number of carbonyl (C=O) groups is 1. The van der Waals surface area contributed by atoms with Crippen molar-refractivity contribution in [2.75, 3.05) is 5.32 Å². The van der Waals surface area contributed by atoms with Gasteiger partial charge in [-0.2, -0.15) is 10.2 Å². The van der Waals surface area contributed by atoms with Crippen LogP contribution in [0.2, 0.25) is 0 Å². The fourth-order valence-corrected chi connectivity index (χ4v) is 2.89. The van der Waals surface area contributed by atoms with E-state index in [4.69, 9.17) is 0 Å². The topological polar surface area (TPSA) is 77.6 Å². The molecule has 7 nitrogen and oxygen atoms in total. The number of hydrogen-bond donors (Lipinski definition) is 1. The molecule has 0 saturated heterocycles. The van der Waals surface area contributed by atoms with Gasteiger partial charge < -0.3 is 5.32 Å². The first-order valence-electron chi connectivity index (χ1n) is 8.50. The van der Waals surface area contributed by atoms with E-state index in [1.807, 2.05) is 61.0 Å². The lowest BCUT2D eigenvalue weighted by molar-refractivity contribution is 0.102. The molecule has 0 saturated carbocycles. The van der Waals surface area contributed by atoms with E-state index in [1.165, 1.54) is 6.33 Å². The maximum Gasteiger partial charge on any atom is 0.255 e. The van der Waals surface area contributed by atoms with Gasteiger partial charge in [0.25, 0.3) is 5.91 Å². The molecule has 2 aromatic carbocycles. The predicted octanol–water partition coefficient (Wildman–Crippen LogP) is 3.32. The normalized spacial score (nSPS) is 10.7. The standard InChI is InChI=1S/C20H18N6O/c1-14-11-15(2)26(24-14)19-7-3-16(4-8-19)20(27)23-17-5-9-18(10-6-17)25-13-21-12-22-25/h3-13H,1-2H3,(H,23,27). The number of hydrogen-bond acceptors (Lipinski definition) is 4. The van der Waals surface area contributed by atoms with Crippen molar-refractivity contribution in [3.63, 3.8) is 0 Å². The van der Waals surface area contributed by atoms with Gasteiger partial charge in [0.05, 0.1) is 17.1 Å². The van der Waals surface area contributed by atoms with Crippen LogP contribution in [0.1, 0.15) is 21.7 Å². The van der Waals surface area contributed by atoms with Crippen LogP contribution in [0.3, 0.4) is 0 Å². The highest BCUT2D eigenvalue weighted by Gasteiger charge is 2.08. The zero-order valence-electron chi connectivity index (χ0n) is 15.0. The molecule has 0 radical (unpaired) electrons. The zero-order valence-corrected chi connectivity index (χ0v) is 15.0. The molecular weight excluding hydrogens is 340 g/mol. The Bertz CT molecular complexity index is 1060. The van der Waals surface area contributed by atoms with Crippen molar-refractivity contribution in [3.8, 4) is 11.4 Å².